The van der Waals surface area contributed by atoms with Gasteiger partial charge in [-0.1, -0.05) is 6.07 Å². The van der Waals surface area contributed by atoms with Gasteiger partial charge in [0.2, 0.25) is 5.78 Å². The van der Waals surface area contributed by atoms with E-state index in [-0.39, 0.29) is 16.9 Å². The van der Waals surface area contributed by atoms with Gasteiger partial charge in [0.15, 0.2) is 0 Å². The Bertz CT molecular complexity index is 634. The summed E-state index contributed by atoms with van der Waals surface area (Å²) in [5.74, 6) is -2.52. The fourth-order valence-corrected chi connectivity index (χ4v) is 1.62. The maximum atomic E-state index is 13.8. The van der Waals surface area contributed by atoms with Gasteiger partial charge in [0.25, 0.3) is 0 Å². The lowest BCUT2D eigenvalue weighted by atomic mass is 10.0. The number of nitrogens with two attached hydrogens (primary N) is 1. The third kappa shape index (κ3) is 1.75. The van der Waals surface area contributed by atoms with Crippen LogP contribution in [0.2, 0.25) is 0 Å². The molecule has 2 aromatic rings. The third-order valence-electron chi connectivity index (χ3n) is 2.74. The van der Waals surface area contributed by atoms with Gasteiger partial charge in [-0.2, -0.15) is 5.10 Å². The highest BCUT2D eigenvalue weighted by atomic mass is 19.1. The van der Waals surface area contributed by atoms with E-state index in [0.29, 0.717) is 0 Å². The van der Waals surface area contributed by atoms with Crippen LogP contribution >= 0.6 is 0 Å². The van der Waals surface area contributed by atoms with Gasteiger partial charge in [-0.3, -0.25) is 9.48 Å². The van der Waals surface area contributed by atoms with Crippen molar-refractivity contribution in [3.63, 3.8) is 0 Å². The molecule has 0 aliphatic rings. The number of hydrogen-bond acceptors (Lipinski definition) is 3. The lowest BCUT2D eigenvalue weighted by molar-refractivity contribution is 0.103. The summed E-state index contributed by atoms with van der Waals surface area (Å²) >= 11 is 0. The molecular weight excluding hydrogens is 240 g/mol. The molecule has 94 valence electrons. The van der Waals surface area contributed by atoms with Crippen molar-refractivity contribution in [2.75, 3.05) is 5.73 Å². The Morgan fingerprint density at radius 1 is 1.39 bits per heavy atom. The van der Waals surface area contributed by atoms with E-state index in [4.69, 9.17) is 5.73 Å². The van der Waals surface area contributed by atoms with Crippen molar-refractivity contribution < 1.29 is 13.6 Å². The topological polar surface area (TPSA) is 60.9 Å². The average Bonchev–Trinajstić information content (AvgIpc) is 2.65. The van der Waals surface area contributed by atoms with Crippen molar-refractivity contribution in [2.24, 2.45) is 7.05 Å². The van der Waals surface area contributed by atoms with Crippen LogP contribution in [0.25, 0.3) is 0 Å². The number of aromatic nitrogens is 2. The number of aryl methyl sites for hydroxylation is 2. The lowest BCUT2D eigenvalue weighted by Gasteiger charge is -2.06. The second kappa shape index (κ2) is 4.21. The van der Waals surface area contributed by atoms with Crippen molar-refractivity contribution in [3.8, 4) is 0 Å². The molecular formula is C12H11F2N3O. The van der Waals surface area contributed by atoms with Crippen LogP contribution in [0, 0.1) is 18.6 Å². The minimum Gasteiger partial charge on any atom is -0.383 e. The summed E-state index contributed by atoms with van der Waals surface area (Å²) in [6, 6.07) is 2.33. The van der Waals surface area contributed by atoms with Gasteiger partial charge < -0.3 is 5.73 Å². The van der Waals surface area contributed by atoms with E-state index in [2.05, 4.69) is 5.10 Å². The number of benzene rings is 1. The highest BCUT2D eigenvalue weighted by molar-refractivity contribution is 6.12. The molecule has 0 atom stereocenters. The van der Waals surface area contributed by atoms with Gasteiger partial charge in [-0.05, 0) is 18.6 Å². The molecule has 1 heterocycles. The van der Waals surface area contributed by atoms with Crippen molar-refractivity contribution in [1.82, 2.24) is 9.78 Å². The van der Waals surface area contributed by atoms with Gasteiger partial charge in [0.1, 0.15) is 17.5 Å². The Kier molecular flexibility index (Phi) is 2.86. The molecule has 1 aromatic heterocycles. The van der Waals surface area contributed by atoms with Gasteiger partial charge in [0, 0.05) is 7.05 Å². The normalized spacial score (nSPS) is 10.7. The predicted molar refractivity (Wildman–Crippen MR) is 62.1 cm³/mol. The molecule has 0 bridgehead atoms. The molecule has 2 rings (SSSR count). The number of carbonyl (C=O) groups is 1. The molecule has 0 saturated heterocycles. The SMILES string of the molecule is Cc1ccc(F)c(C(=O)c2cnn(C)c2N)c1F. The minimum absolute atomic E-state index is 0.0131. The molecule has 0 radical (unpaired) electrons. The Hall–Kier alpha value is -2.24. The maximum Gasteiger partial charge on any atom is 0.204 e. The molecule has 0 aliphatic carbocycles. The molecule has 4 nitrogen and oxygen atoms in total. The number of rotatable bonds is 2. The number of carbonyl (C=O) groups excluding carboxylic acids is 1. The number of nitrogen functional groups attached to an aromatic ring is 1. The van der Waals surface area contributed by atoms with Gasteiger partial charge in [-0.15, -0.1) is 0 Å². The van der Waals surface area contributed by atoms with Gasteiger partial charge >= 0.3 is 0 Å². The van der Waals surface area contributed by atoms with E-state index >= 15 is 0 Å². The van der Waals surface area contributed by atoms with E-state index < -0.39 is 23.0 Å². The van der Waals surface area contributed by atoms with Crippen LogP contribution in [-0.4, -0.2) is 15.6 Å². The summed E-state index contributed by atoms with van der Waals surface area (Å²) < 4.78 is 28.6. The van der Waals surface area contributed by atoms with E-state index in [0.717, 1.165) is 6.07 Å². The van der Waals surface area contributed by atoms with Crippen LogP contribution in [0.4, 0.5) is 14.6 Å². The molecule has 0 amide bonds. The first-order valence-electron chi connectivity index (χ1n) is 5.20. The maximum absolute atomic E-state index is 13.8. The van der Waals surface area contributed by atoms with Crippen molar-refractivity contribution in [2.45, 2.75) is 6.92 Å². The summed E-state index contributed by atoms with van der Waals surface area (Å²) in [5, 5.41) is 3.77. The molecule has 0 spiro atoms. The van der Waals surface area contributed by atoms with E-state index in [1.54, 1.807) is 0 Å². The van der Waals surface area contributed by atoms with Crippen molar-refractivity contribution in [1.29, 1.82) is 0 Å². The average molecular weight is 251 g/mol. The zero-order valence-corrected chi connectivity index (χ0v) is 9.87. The van der Waals surface area contributed by atoms with Gasteiger partial charge in [0.05, 0.1) is 17.3 Å². The second-order valence-electron chi connectivity index (χ2n) is 3.95. The fourth-order valence-electron chi connectivity index (χ4n) is 1.62. The van der Waals surface area contributed by atoms with Crippen LogP contribution in [-0.2, 0) is 7.05 Å². The molecule has 0 unspecified atom stereocenters. The standard InChI is InChI=1S/C12H11F2N3O/c1-6-3-4-8(13)9(10(6)14)11(18)7-5-16-17(2)12(7)15/h3-5H,15H2,1-2H3. The first-order chi connectivity index (χ1) is 8.43. The summed E-state index contributed by atoms with van der Waals surface area (Å²) in [6.45, 7) is 1.46. The summed E-state index contributed by atoms with van der Waals surface area (Å²) in [4.78, 5) is 12.1. The highest BCUT2D eigenvalue weighted by Gasteiger charge is 2.23. The predicted octanol–water partition coefficient (Wildman–Crippen LogP) is 1.82. The Labute approximate surface area is 102 Å². The number of halogens is 2. The number of hydrogen-bond donors (Lipinski definition) is 1. The van der Waals surface area contributed by atoms with Crippen LogP contribution in [0.15, 0.2) is 18.3 Å². The molecule has 1 aromatic carbocycles. The largest absolute Gasteiger partial charge is 0.383 e. The lowest BCUT2D eigenvalue weighted by Crippen LogP contribution is -2.11. The van der Waals surface area contributed by atoms with E-state index in [1.807, 2.05) is 0 Å². The smallest absolute Gasteiger partial charge is 0.204 e. The molecule has 0 aliphatic heterocycles. The third-order valence-corrected chi connectivity index (χ3v) is 2.74. The Balaban J connectivity index is 2.60. The quantitative estimate of drug-likeness (QED) is 0.828. The summed E-state index contributed by atoms with van der Waals surface area (Å²) in [6.07, 6.45) is 1.19. The van der Waals surface area contributed by atoms with Crippen LogP contribution < -0.4 is 5.73 Å². The molecule has 6 heteroatoms. The molecule has 0 fully saturated rings. The zero-order chi connectivity index (χ0) is 13.4. The monoisotopic (exact) mass is 251 g/mol. The van der Waals surface area contributed by atoms with Crippen LogP contribution in [0.3, 0.4) is 0 Å². The summed E-state index contributed by atoms with van der Waals surface area (Å²) in [7, 11) is 1.54. The van der Waals surface area contributed by atoms with E-state index in [1.165, 1.54) is 30.9 Å². The minimum atomic E-state index is -0.911. The number of anilines is 1. The van der Waals surface area contributed by atoms with Crippen molar-refractivity contribution >= 4 is 11.6 Å². The number of ketones is 1. The Morgan fingerprint density at radius 3 is 2.61 bits per heavy atom. The molecule has 2 N–H and O–H groups in total. The van der Waals surface area contributed by atoms with E-state index in [9.17, 15) is 13.6 Å². The number of nitrogens with zero attached hydrogens (tertiary/aromatic N) is 2. The fraction of sp³-hybridized carbons (Fsp3) is 0.167. The van der Waals surface area contributed by atoms with Gasteiger partial charge in [-0.25, -0.2) is 8.78 Å². The Morgan fingerprint density at radius 2 is 2.06 bits per heavy atom. The van der Waals surface area contributed by atoms with Crippen LogP contribution in [0.5, 0.6) is 0 Å². The first-order valence-corrected chi connectivity index (χ1v) is 5.20. The zero-order valence-electron chi connectivity index (χ0n) is 9.87. The first kappa shape index (κ1) is 12.2. The van der Waals surface area contributed by atoms with Crippen molar-refractivity contribution in [3.05, 3.63) is 46.7 Å². The summed E-state index contributed by atoms with van der Waals surface area (Å²) in [5.41, 5.74) is 5.20. The molecule has 0 saturated carbocycles. The van der Waals surface area contributed by atoms with Crippen LogP contribution in [0.1, 0.15) is 21.5 Å². The second-order valence-corrected chi connectivity index (χ2v) is 3.95. The highest BCUT2D eigenvalue weighted by Crippen LogP contribution is 2.22. The molecule has 18 heavy (non-hydrogen) atoms.